The van der Waals surface area contributed by atoms with Gasteiger partial charge in [0.05, 0.1) is 31.9 Å². The first-order valence-electron chi connectivity index (χ1n) is 8.01. The molecule has 150 valence electrons. The van der Waals surface area contributed by atoms with Crippen LogP contribution in [0.2, 0.25) is 15.1 Å². The van der Waals surface area contributed by atoms with Crippen LogP contribution < -0.4 is 10.0 Å². The van der Waals surface area contributed by atoms with Crippen LogP contribution in [0.4, 0.5) is 15.8 Å². The molecule has 10 heteroatoms. The average molecular weight is 474 g/mol. The molecule has 3 aromatic rings. The van der Waals surface area contributed by atoms with Crippen molar-refractivity contribution in [3.8, 4) is 0 Å². The Labute approximate surface area is 181 Å². The minimum atomic E-state index is -4.13. The third kappa shape index (κ3) is 5.00. The van der Waals surface area contributed by atoms with Crippen molar-refractivity contribution in [2.24, 2.45) is 0 Å². The molecule has 0 spiro atoms. The predicted molar refractivity (Wildman–Crippen MR) is 113 cm³/mol. The summed E-state index contributed by atoms with van der Waals surface area (Å²) in [6, 6.07) is 13.6. The van der Waals surface area contributed by atoms with Gasteiger partial charge in [-0.1, -0.05) is 46.9 Å². The maximum absolute atomic E-state index is 14.4. The summed E-state index contributed by atoms with van der Waals surface area (Å²) in [5.74, 6) is -1.56. The summed E-state index contributed by atoms with van der Waals surface area (Å²) in [5.41, 5.74) is 0.0512. The van der Waals surface area contributed by atoms with E-state index in [-0.39, 0.29) is 31.9 Å². The molecule has 3 aromatic carbocycles. The first kappa shape index (κ1) is 21.4. The molecule has 0 saturated heterocycles. The summed E-state index contributed by atoms with van der Waals surface area (Å²) in [4.78, 5) is 11.9. The van der Waals surface area contributed by atoms with Gasteiger partial charge in [-0.05, 0) is 48.5 Å². The van der Waals surface area contributed by atoms with Crippen LogP contribution in [0, 0.1) is 5.82 Å². The molecule has 0 aliphatic rings. The summed E-state index contributed by atoms with van der Waals surface area (Å²) in [6.45, 7) is 0. The molecule has 0 aromatic heterocycles. The van der Waals surface area contributed by atoms with E-state index in [0.29, 0.717) is 5.02 Å². The van der Waals surface area contributed by atoms with Gasteiger partial charge in [0.25, 0.3) is 15.9 Å². The SMILES string of the molecule is O=C(Nc1ccc(S(=O)(=O)Nc2ccc(Cl)cc2Cl)cc1F)c1ccccc1Cl. The number of hydrogen-bond acceptors (Lipinski definition) is 3. The van der Waals surface area contributed by atoms with Crippen molar-refractivity contribution < 1.29 is 17.6 Å². The van der Waals surface area contributed by atoms with E-state index in [1.807, 2.05) is 0 Å². The molecule has 0 bridgehead atoms. The number of carbonyl (C=O) groups is 1. The van der Waals surface area contributed by atoms with E-state index < -0.39 is 21.7 Å². The summed E-state index contributed by atoms with van der Waals surface area (Å²) in [7, 11) is -4.13. The Morgan fingerprint density at radius 2 is 1.55 bits per heavy atom. The fraction of sp³-hybridized carbons (Fsp3) is 0. The van der Waals surface area contributed by atoms with E-state index >= 15 is 0 Å². The topological polar surface area (TPSA) is 75.3 Å². The van der Waals surface area contributed by atoms with Gasteiger partial charge in [-0.25, -0.2) is 12.8 Å². The molecule has 0 fully saturated rings. The van der Waals surface area contributed by atoms with E-state index in [0.717, 1.165) is 18.2 Å². The Kier molecular flexibility index (Phi) is 6.33. The van der Waals surface area contributed by atoms with Crippen molar-refractivity contribution in [1.29, 1.82) is 0 Å². The third-order valence-electron chi connectivity index (χ3n) is 3.79. The van der Waals surface area contributed by atoms with Gasteiger partial charge in [-0.2, -0.15) is 0 Å². The van der Waals surface area contributed by atoms with Crippen molar-refractivity contribution in [1.82, 2.24) is 0 Å². The Morgan fingerprint density at radius 1 is 0.862 bits per heavy atom. The summed E-state index contributed by atoms with van der Waals surface area (Å²) in [6.07, 6.45) is 0. The van der Waals surface area contributed by atoms with Crippen LogP contribution in [0.1, 0.15) is 10.4 Å². The van der Waals surface area contributed by atoms with Crippen LogP contribution >= 0.6 is 34.8 Å². The highest BCUT2D eigenvalue weighted by atomic mass is 35.5. The Hall–Kier alpha value is -2.32. The number of rotatable bonds is 5. The van der Waals surface area contributed by atoms with E-state index in [4.69, 9.17) is 34.8 Å². The Balaban J connectivity index is 1.83. The largest absolute Gasteiger partial charge is 0.319 e. The number of sulfonamides is 1. The number of anilines is 2. The lowest BCUT2D eigenvalue weighted by Crippen LogP contribution is -2.16. The molecule has 0 unspecified atom stereocenters. The van der Waals surface area contributed by atoms with Crippen molar-refractivity contribution in [3.05, 3.63) is 87.1 Å². The molecular weight excluding hydrogens is 462 g/mol. The lowest BCUT2D eigenvalue weighted by Gasteiger charge is -2.12. The second-order valence-electron chi connectivity index (χ2n) is 5.81. The number of nitrogens with one attached hydrogen (secondary N) is 2. The van der Waals surface area contributed by atoms with Gasteiger partial charge in [-0.3, -0.25) is 9.52 Å². The van der Waals surface area contributed by atoms with Crippen LogP contribution in [0.5, 0.6) is 0 Å². The van der Waals surface area contributed by atoms with E-state index in [9.17, 15) is 17.6 Å². The number of benzene rings is 3. The van der Waals surface area contributed by atoms with Crippen molar-refractivity contribution in [2.75, 3.05) is 10.0 Å². The smallest absolute Gasteiger partial charge is 0.262 e. The molecule has 0 saturated carbocycles. The zero-order chi connectivity index (χ0) is 21.2. The molecule has 0 aliphatic carbocycles. The minimum Gasteiger partial charge on any atom is -0.319 e. The number of halogens is 4. The number of carbonyl (C=O) groups excluding carboxylic acids is 1. The average Bonchev–Trinajstić information content (AvgIpc) is 2.66. The molecule has 29 heavy (non-hydrogen) atoms. The number of hydrogen-bond donors (Lipinski definition) is 2. The van der Waals surface area contributed by atoms with E-state index in [1.165, 1.54) is 30.3 Å². The van der Waals surface area contributed by atoms with Crippen molar-refractivity contribution in [3.63, 3.8) is 0 Å². The second kappa shape index (κ2) is 8.59. The fourth-order valence-electron chi connectivity index (χ4n) is 2.38. The fourth-order valence-corrected chi connectivity index (χ4v) is 4.20. The maximum Gasteiger partial charge on any atom is 0.262 e. The van der Waals surface area contributed by atoms with Gasteiger partial charge in [-0.15, -0.1) is 0 Å². The Morgan fingerprint density at radius 3 is 2.21 bits per heavy atom. The maximum atomic E-state index is 14.4. The van der Waals surface area contributed by atoms with Gasteiger partial charge in [0.15, 0.2) is 0 Å². The van der Waals surface area contributed by atoms with E-state index in [1.54, 1.807) is 12.1 Å². The molecule has 2 N–H and O–H groups in total. The van der Waals surface area contributed by atoms with Crippen molar-refractivity contribution >= 4 is 62.1 Å². The third-order valence-corrected chi connectivity index (χ3v) is 6.03. The quantitative estimate of drug-likeness (QED) is 0.489. The molecule has 3 rings (SSSR count). The zero-order valence-electron chi connectivity index (χ0n) is 14.4. The lowest BCUT2D eigenvalue weighted by atomic mass is 10.2. The highest BCUT2D eigenvalue weighted by Gasteiger charge is 2.19. The minimum absolute atomic E-state index is 0.0881. The van der Waals surface area contributed by atoms with Gasteiger partial charge >= 0.3 is 0 Å². The van der Waals surface area contributed by atoms with Crippen LogP contribution in [-0.4, -0.2) is 14.3 Å². The second-order valence-corrected chi connectivity index (χ2v) is 8.74. The standard InChI is InChI=1S/C19H12Cl3FN2O3S/c20-11-5-7-17(15(22)9-11)25-29(27,28)12-6-8-18(16(23)10-12)24-19(26)13-3-1-2-4-14(13)21/h1-10,25H,(H,24,26). The highest BCUT2D eigenvalue weighted by molar-refractivity contribution is 7.92. The van der Waals surface area contributed by atoms with Gasteiger partial charge in [0, 0.05) is 5.02 Å². The molecular formula is C19H12Cl3FN2O3S. The van der Waals surface area contributed by atoms with Gasteiger partial charge in [0.2, 0.25) is 0 Å². The van der Waals surface area contributed by atoms with Gasteiger partial charge in [0.1, 0.15) is 5.82 Å². The van der Waals surface area contributed by atoms with Gasteiger partial charge < -0.3 is 5.32 Å². The van der Waals surface area contributed by atoms with Crippen LogP contribution in [-0.2, 0) is 10.0 Å². The van der Waals surface area contributed by atoms with Crippen LogP contribution in [0.25, 0.3) is 0 Å². The monoisotopic (exact) mass is 472 g/mol. The van der Waals surface area contributed by atoms with Crippen LogP contribution in [0.3, 0.4) is 0 Å². The lowest BCUT2D eigenvalue weighted by molar-refractivity contribution is 0.102. The summed E-state index contributed by atoms with van der Waals surface area (Å²) >= 11 is 17.7. The first-order valence-corrected chi connectivity index (χ1v) is 10.6. The normalized spacial score (nSPS) is 11.2. The summed E-state index contributed by atoms with van der Waals surface area (Å²) in [5, 5.41) is 2.99. The van der Waals surface area contributed by atoms with Crippen LogP contribution in [0.15, 0.2) is 65.6 Å². The highest BCUT2D eigenvalue weighted by Crippen LogP contribution is 2.28. The molecule has 0 atom stereocenters. The molecule has 0 radical (unpaired) electrons. The first-order chi connectivity index (χ1) is 13.7. The Bertz CT molecular complexity index is 1200. The predicted octanol–water partition coefficient (Wildman–Crippen LogP) is 5.84. The molecule has 1 amide bonds. The summed E-state index contributed by atoms with van der Waals surface area (Å²) < 4.78 is 41.7. The zero-order valence-corrected chi connectivity index (χ0v) is 17.5. The number of amides is 1. The van der Waals surface area contributed by atoms with E-state index in [2.05, 4.69) is 10.0 Å². The molecule has 5 nitrogen and oxygen atoms in total. The molecule has 0 heterocycles. The van der Waals surface area contributed by atoms with Crippen molar-refractivity contribution in [2.45, 2.75) is 4.90 Å². The molecule has 0 aliphatic heterocycles.